The third-order valence-electron chi connectivity index (χ3n) is 5.07. The molecule has 1 aliphatic heterocycles. The molecule has 10 nitrogen and oxygen atoms in total. The third kappa shape index (κ3) is 4.43. The van der Waals surface area contributed by atoms with Crippen molar-refractivity contribution in [1.82, 2.24) is 36.1 Å². The highest BCUT2D eigenvalue weighted by Gasteiger charge is 2.25. The van der Waals surface area contributed by atoms with E-state index in [0.29, 0.717) is 24.7 Å². The van der Waals surface area contributed by atoms with Crippen LogP contribution in [0.4, 0.5) is 0 Å². The number of carbonyl (C=O) groups is 1. The van der Waals surface area contributed by atoms with Crippen LogP contribution < -0.4 is 5.43 Å². The highest BCUT2D eigenvalue weighted by molar-refractivity contribution is 6.18. The number of benzene rings is 2. The molecule has 1 aliphatic rings. The van der Waals surface area contributed by atoms with Crippen LogP contribution in [0, 0.1) is 0 Å². The normalized spacial score (nSPS) is 13.2. The summed E-state index contributed by atoms with van der Waals surface area (Å²) in [6.45, 7) is 3.28. The number of amidine groups is 1. The number of tetrazole rings is 1. The van der Waals surface area contributed by atoms with Crippen LogP contribution in [-0.4, -0.2) is 61.1 Å². The van der Waals surface area contributed by atoms with Gasteiger partial charge in [0, 0.05) is 31.9 Å². The molecule has 0 fully saturated rings. The van der Waals surface area contributed by atoms with Crippen LogP contribution >= 0.6 is 0 Å². The maximum Gasteiger partial charge on any atom is 0.341 e. The van der Waals surface area contributed by atoms with Gasteiger partial charge in [0.2, 0.25) is 0 Å². The van der Waals surface area contributed by atoms with Crippen LogP contribution in [-0.2, 0) is 11.3 Å². The molecule has 4 rings (SSSR count). The van der Waals surface area contributed by atoms with Crippen molar-refractivity contribution in [2.24, 2.45) is 5.10 Å². The van der Waals surface area contributed by atoms with Crippen molar-refractivity contribution in [2.45, 2.75) is 19.9 Å². The van der Waals surface area contributed by atoms with Gasteiger partial charge in [0.05, 0.1) is 0 Å². The van der Waals surface area contributed by atoms with Crippen LogP contribution in [0.15, 0.2) is 65.4 Å². The van der Waals surface area contributed by atoms with Crippen LogP contribution in [0.25, 0.3) is 22.5 Å². The molecule has 2 heterocycles. The van der Waals surface area contributed by atoms with Gasteiger partial charge in [-0.05, 0) is 33.5 Å². The lowest BCUT2D eigenvalue weighted by atomic mass is 9.98. The molecule has 0 aliphatic carbocycles. The summed E-state index contributed by atoms with van der Waals surface area (Å²) in [4.78, 5) is 13.7. The van der Waals surface area contributed by atoms with Gasteiger partial charge >= 0.3 is 5.97 Å². The Bertz CT molecular complexity index is 1140. The Morgan fingerprint density at radius 1 is 1.12 bits per heavy atom. The molecule has 32 heavy (non-hydrogen) atoms. The average molecular weight is 432 g/mol. The van der Waals surface area contributed by atoms with Gasteiger partial charge in [0.1, 0.15) is 5.57 Å². The molecule has 0 amide bonds. The number of H-pyrrole nitrogens is 1. The van der Waals surface area contributed by atoms with Crippen LogP contribution in [0.1, 0.15) is 18.9 Å². The minimum absolute atomic E-state index is 0.141. The highest BCUT2D eigenvalue weighted by Crippen LogP contribution is 2.30. The summed E-state index contributed by atoms with van der Waals surface area (Å²) in [6.07, 6.45) is 2.32. The summed E-state index contributed by atoms with van der Waals surface area (Å²) in [7, 11) is 1.73. The summed E-state index contributed by atoms with van der Waals surface area (Å²) in [5.41, 5.74) is 6.97. The molecule has 0 atom stereocenters. The van der Waals surface area contributed by atoms with Gasteiger partial charge in [-0.3, -0.25) is 5.43 Å². The molecule has 0 unspecified atom stereocenters. The highest BCUT2D eigenvalue weighted by atomic mass is 16.4. The Hall–Kier alpha value is -4.21. The van der Waals surface area contributed by atoms with E-state index in [-0.39, 0.29) is 5.57 Å². The lowest BCUT2D eigenvalue weighted by molar-refractivity contribution is -0.132. The second-order valence-electron chi connectivity index (χ2n) is 7.35. The Morgan fingerprint density at radius 2 is 1.88 bits per heavy atom. The number of carboxylic acids is 1. The number of hydrogen-bond acceptors (Lipinski definition) is 8. The number of hydrazine groups is 1. The molecule has 0 radical (unpaired) electrons. The predicted molar refractivity (Wildman–Crippen MR) is 120 cm³/mol. The van der Waals surface area contributed by atoms with E-state index in [4.69, 9.17) is 0 Å². The molecule has 3 aromatic rings. The molecular weight excluding hydrogens is 408 g/mol. The number of aliphatic carboxylic acids is 1. The number of aromatic amines is 1. The zero-order valence-electron chi connectivity index (χ0n) is 17.9. The SMILES string of the molecule is CCCN(Cc1ccc(-c2ccccc2-c2nnn[nH]2)cc1)C1=NN(C)NC=C1C(=O)O. The Labute approximate surface area is 185 Å². The van der Waals surface area contributed by atoms with Gasteiger partial charge in [-0.25, -0.2) is 15.0 Å². The first kappa shape index (κ1) is 21.0. The maximum absolute atomic E-state index is 11.7. The van der Waals surface area contributed by atoms with E-state index >= 15 is 0 Å². The minimum Gasteiger partial charge on any atom is -0.477 e. The average Bonchev–Trinajstić information content (AvgIpc) is 3.34. The summed E-state index contributed by atoms with van der Waals surface area (Å²) in [5.74, 6) is 0.0342. The Balaban J connectivity index is 1.59. The van der Waals surface area contributed by atoms with Crippen molar-refractivity contribution < 1.29 is 9.90 Å². The number of nitrogens with one attached hydrogen (secondary N) is 2. The van der Waals surface area contributed by atoms with Gasteiger partial charge in [-0.15, -0.1) is 10.2 Å². The smallest absolute Gasteiger partial charge is 0.341 e. The van der Waals surface area contributed by atoms with E-state index in [0.717, 1.165) is 28.7 Å². The standard InChI is InChI=1S/C22H24N8O2/c1-3-12-30(21-19(22(31)32)13-23-29(2)26-21)14-15-8-10-16(11-9-15)17-6-4-5-7-18(17)20-24-27-28-25-20/h4-11,13,23H,3,12,14H2,1-2H3,(H,31,32)(H,24,25,27,28). The van der Waals surface area contributed by atoms with Crippen molar-refractivity contribution in [2.75, 3.05) is 13.6 Å². The van der Waals surface area contributed by atoms with E-state index in [2.05, 4.69) is 38.1 Å². The number of aromatic nitrogens is 4. The fraction of sp³-hybridized carbons (Fsp3) is 0.227. The van der Waals surface area contributed by atoms with Crippen molar-refractivity contribution in [3.05, 3.63) is 65.9 Å². The topological polar surface area (TPSA) is 123 Å². The molecule has 0 spiro atoms. The predicted octanol–water partition coefficient (Wildman–Crippen LogP) is 2.48. The lowest BCUT2D eigenvalue weighted by Gasteiger charge is -2.30. The molecular formula is C22H24N8O2. The number of nitrogens with zero attached hydrogens (tertiary/aromatic N) is 6. The first-order valence-electron chi connectivity index (χ1n) is 10.3. The summed E-state index contributed by atoms with van der Waals surface area (Å²) >= 11 is 0. The van der Waals surface area contributed by atoms with Crippen molar-refractivity contribution in [3.63, 3.8) is 0 Å². The van der Waals surface area contributed by atoms with Crippen molar-refractivity contribution in [1.29, 1.82) is 0 Å². The summed E-state index contributed by atoms with van der Waals surface area (Å²) < 4.78 is 0. The van der Waals surface area contributed by atoms with Crippen molar-refractivity contribution >= 4 is 11.8 Å². The van der Waals surface area contributed by atoms with Crippen molar-refractivity contribution in [3.8, 4) is 22.5 Å². The van der Waals surface area contributed by atoms with Crippen LogP contribution in [0.5, 0.6) is 0 Å². The monoisotopic (exact) mass is 432 g/mol. The zero-order valence-corrected chi connectivity index (χ0v) is 17.9. The fourth-order valence-corrected chi connectivity index (χ4v) is 3.59. The molecule has 3 N–H and O–H groups in total. The molecule has 10 heteroatoms. The number of hydrogen-bond donors (Lipinski definition) is 3. The van der Waals surface area contributed by atoms with Crippen LogP contribution in [0.3, 0.4) is 0 Å². The third-order valence-corrected chi connectivity index (χ3v) is 5.07. The molecule has 2 aromatic carbocycles. The number of hydrazone groups is 1. The maximum atomic E-state index is 11.7. The zero-order chi connectivity index (χ0) is 22.5. The summed E-state index contributed by atoms with van der Waals surface area (Å²) in [6, 6.07) is 16.1. The molecule has 1 aromatic heterocycles. The van der Waals surface area contributed by atoms with E-state index in [1.165, 1.54) is 11.3 Å². The van der Waals surface area contributed by atoms with Crippen LogP contribution in [0.2, 0.25) is 0 Å². The van der Waals surface area contributed by atoms with Gasteiger partial charge in [0.15, 0.2) is 11.7 Å². The summed E-state index contributed by atoms with van der Waals surface area (Å²) in [5, 5.41) is 29.7. The van der Waals surface area contributed by atoms with Gasteiger partial charge in [0.25, 0.3) is 0 Å². The first-order chi connectivity index (χ1) is 15.6. The molecule has 0 saturated heterocycles. The minimum atomic E-state index is -1.01. The second-order valence-corrected chi connectivity index (χ2v) is 7.35. The largest absolute Gasteiger partial charge is 0.477 e. The van der Waals surface area contributed by atoms with E-state index < -0.39 is 5.97 Å². The molecule has 0 saturated carbocycles. The van der Waals surface area contributed by atoms with E-state index in [1.54, 1.807) is 7.05 Å². The first-order valence-corrected chi connectivity index (χ1v) is 10.3. The van der Waals surface area contributed by atoms with Gasteiger partial charge in [-0.1, -0.05) is 55.5 Å². The van der Waals surface area contributed by atoms with E-state index in [1.807, 2.05) is 53.4 Å². The number of carboxylic acid groups (broad SMARTS) is 1. The lowest BCUT2D eigenvalue weighted by Crippen LogP contribution is -2.42. The molecule has 0 bridgehead atoms. The number of rotatable bonds is 7. The quantitative estimate of drug-likeness (QED) is 0.520. The molecule has 164 valence electrons. The Morgan fingerprint density at radius 3 is 2.53 bits per heavy atom. The van der Waals surface area contributed by atoms with E-state index in [9.17, 15) is 9.90 Å². The Kier molecular flexibility index (Phi) is 6.11. The second kappa shape index (κ2) is 9.29. The van der Waals surface area contributed by atoms with Gasteiger partial charge < -0.3 is 10.0 Å². The van der Waals surface area contributed by atoms with Gasteiger partial charge in [-0.2, -0.15) is 0 Å². The fourth-order valence-electron chi connectivity index (χ4n) is 3.59.